The SMILES string of the molecule is CC.CCC(=O)CCCCCNC(=O)CC(C)(C)CC(C)(C)C. The highest BCUT2D eigenvalue weighted by Gasteiger charge is 2.27. The molecule has 0 rings (SSSR count). The largest absolute Gasteiger partial charge is 0.356 e. The molecule has 0 saturated heterocycles. The van der Waals surface area contributed by atoms with Gasteiger partial charge in [0.15, 0.2) is 0 Å². The van der Waals surface area contributed by atoms with Gasteiger partial charge in [-0.25, -0.2) is 0 Å². The van der Waals surface area contributed by atoms with Crippen molar-refractivity contribution in [3.8, 4) is 0 Å². The normalized spacial score (nSPS) is 11.5. The van der Waals surface area contributed by atoms with Crippen LogP contribution in [0.5, 0.6) is 0 Å². The fourth-order valence-electron chi connectivity index (χ4n) is 3.02. The van der Waals surface area contributed by atoms with Crippen LogP contribution in [0.25, 0.3) is 0 Å². The van der Waals surface area contributed by atoms with Gasteiger partial charge in [-0.15, -0.1) is 0 Å². The van der Waals surface area contributed by atoms with Crippen molar-refractivity contribution in [1.82, 2.24) is 5.32 Å². The smallest absolute Gasteiger partial charge is 0.220 e. The Balaban J connectivity index is 0. The molecule has 0 aliphatic carbocycles. The first kappa shape index (κ1) is 24.4. The van der Waals surface area contributed by atoms with Crippen LogP contribution in [0.1, 0.15) is 100 Å². The van der Waals surface area contributed by atoms with E-state index in [0.29, 0.717) is 25.0 Å². The molecule has 1 amide bonds. The maximum atomic E-state index is 12.0. The van der Waals surface area contributed by atoms with Crippen LogP contribution in [0.15, 0.2) is 0 Å². The highest BCUT2D eigenvalue weighted by atomic mass is 16.1. The summed E-state index contributed by atoms with van der Waals surface area (Å²) >= 11 is 0. The number of ketones is 1. The zero-order chi connectivity index (χ0) is 18.5. The van der Waals surface area contributed by atoms with Gasteiger partial charge in [0.05, 0.1) is 0 Å². The molecule has 23 heavy (non-hydrogen) atoms. The molecule has 0 unspecified atom stereocenters. The first-order valence-corrected chi connectivity index (χ1v) is 9.34. The van der Waals surface area contributed by atoms with Crippen molar-refractivity contribution in [2.45, 2.75) is 100 Å². The highest BCUT2D eigenvalue weighted by molar-refractivity contribution is 5.78. The van der Waals surface area contributed by atoms with Gasteiger partial charge in [0.1, 0.15) is 5.78 Å². The number of amides is 1. The van der Waals surface area contributed by atoms with Crippen molar-refractivity contribution in [1.29, 1.82) is 0 Å². The van der Waals surface area contributed by atoms with E-state index in [2.05, 4.69) is 39.9 Å². The van der Waals surface area contributed by atoms with Crippen molar-refractivity contribution in [3.05, 3.63) is 0 Å². The van der Waals surface area contributed by atoms with Crippen LogP contribution in [0.2, 0.25) is 0 Å². The molecule has 138 valence electrons. The lowest BCUT2D eigenvalue weighted by Crippen LogP contribution is -2.31. The quantitative estimate of drug-likeness (QED) is 0.537. The summed E-state index contributed by atoms with van der Waals surface area (Å²) in [6, 6.07) is 0. The molecule has 0 spiro atoms. The molecule has 0 aromatic carbocycles. The zero-order valence-corrected chi connectivity index (χ0v) is 17.0. The highest BCUT2D eigenvalue weighted by Crippen LogP contribution is 2.35. The van der Waals surface area contributed by atoms with Crippen LogP contribution >= 0.6 is 0 Å². The fraction of sp³-hybridized carbons (Fsp3) is 0.900. The van der Waals surface area contributed by atoms with E-state index in [4.69, 9.17) is 0 Å². The molecule has 0 radical (unpaired) electrons. The minimum atomic E-state index is 0.0376. The van der Waals surface area contributed by atoms with Crippen molar-refractivity contribution >= 4 is 11.7 Å². The number of carbonyl (C=O) groups is 2. The van der Waals surface area contributed by atoms with Crippen LogP contribution in [0.4, 0.5) is 0 Å². The van der Waals surface area contributed by atoms with Gasteiger partial charge in [0, 0.05) is 25.8 Å². The summed E-state index contributed by atoms with van der Waals surface area (Å²) in [6.07, 6.45) is 5.85. The first-order chi connectivity index (χ1) is 10.6. The molecule has 0 bridgehead atoms. The van der Waals surface area contributed by atoms with E-state index >= 15 is 0 Å². The Bertz CT molecular complexity index is 327. The predicted molar refractivity (Wildman–Crippen MR) is 101 cm³/mol. The number of hydrogen-bond donors (Lipinski definition) is 1. The average molecular weight is 328 g/mol. The summed E-state index contributed by atoms with van der Waals surface area (Å²) in [6.45, 7) is 17.6. The second-order valence-electron chi connectivity index (χ2n) is 8.13. The summed E-state index contributed by atoms with van der Waals surface area (Å²) in [5.41, 5.74) is 0.283. The Labute approximate surface area is 145 Å². The molecule has 0 saturated carbocycles. The molecule has 0 aromatic rings. The molecule has 1 N–H and O–H groups in total. The zero-order valence-electron chi connectivity index (χ0n) is 17.0. The minimum Gasteiger partial charge on any atom is -0.356 e. The number of unbranched alkanes of at least 4 members (excludes halogenated alkanes) is 2. The molecule has 0 atom stereocenters. The molecule has 3 heteroatoms. The van der Waals surface area contributed by atoms with Crippen LogP contribution < -0.4 is 5.32 Å². The average Bonchev–Trinajstić information content (AvgIpc) is 2.41. The van der Waals surface area contributed by atoms with Gasteiger partial charge in [0.2, 0.25) is 5.91 Å². The van der Waals surface area contributed by atoms with Crippen molar-refractivity contribution in [2.24, 2.45) is 10.8 Å². The summed E-state index contributed by atoms with van der Waals surface area (Å²) in [5.74, 6) is 0.483. The van der Waals surface area contributed by atoms with Crippen molar-refractivity contribution in [3.63, 3.8) is 0 Å². The van der Waals surface area contributed by atoms with E-state index < -0.39 is 0 Å². The number of Topliss-reactive ketones (excluding diaryl/α,β-unsaturated/α-hetero) is 1. The molecule has 0 fully saturated rings. The lowest BCUT2D eigenvalue weighted by atomic mass is 9.74. The van der Waals surface area contributed by atoms with E-state index in [-0.39, 0.29) is 16.7 Å². The summed E-state index contributed by atoms with van der Waals surface area (Å²) in [7, 11) is 0. The molecular formula is C20H41NO2. The van der Waals surface area contributed by atoms with Gasteiger partial charge in [-0.1, -0.05) is 61.8 Å². The van der Waals surface area contributed by atoms with Crippen molar-refractivity contribution in [2.75, 3.05) is 6.54 Å². The van der Waals surface area contributed by atoms with E-state index in [1.165, 1.54) is 0 Å². The predicted octanol–water partition coefficient (Wildman–Crippen LogP) is 5.52. The van der Waals surface area contributed by atoms with Gasteiger partial charge in [-0.2, -0.15) is 0 Å². The molecule has 0 heterocycles. The third-order valence-electron chi connectivity index (χ3n) is 3.50. The van der Waals surface area contributed by atoms with Crippen LogP contribution in [0, 0.1) is 10.8 Å². The Morgan fingerprint density at radius 1 is 0.913 bits per heavy atom. The molecule has 0 aromatic heterocycles. The second-order valence-corrected chi connectivity index (χ2v) is 8.13. The standard InChI is InChI=1S/C18H35NO2.C2H6/c1-7-15(20)11-9-8-10-12-19-16(21)13-18(5,6)14-17(2,3)4;1-2/h7-14H2,1-6H3,(H,19,21);1-2H3. The van der Waals surface area contributed by atoms with Gasteiger partial charge in [-0.05, 0) is 30.1 Å². The van der Waals surface area contributed by atoms with E-state index in [0.717, 1.165) is 32.2 Å². The second kappa shape index (κ2) is 12.5. The van der Waals surface area contributed by atoms with Crippen LogP contribution in [0.3, 0.4) is 0 Å². The number of nitrogens with one attached hydrogen (secondary N) is 1. The Morgan fingerprint density at radius 2 is 1.48 bits per heavy atom. The van der Waals surface area contributed by atoms with Gasteiger partial charge >= 0.3 is 0 Å². The lowest BCUT2D eigenvalue weighted by molar-refractivity contribution is -0.123. The van der Waals surface area contributed by atoms with E-state index in [1.54, 1.807) is 0 Å². The minimum absolute atomic E-state index is 0.0376. The lowest BCUT2D eigenvalue weighted by Gasteiger charge is -2.31. The van der Waals surface area contributed by atoms with E-state index in [1.807, 2.05) is 20.8 Å². The monoisotopic (exact) mass is 327 g/mol. The third kappa shape index (κ3) is 17.3. The Hall–Kier alpha value is -0.860. The summed E-state index contributed by atoms with van der Waals surface area (Å²) in [4.78, 5) is 23.1. The van der Waals surface area contributed by atoms with Crippen molar-refractivity contribution < 1.29 is 9.59 Å². The third-order valence-corrected chi connectivity index (χ3v) is 3.50. The topological polar surface area (TPSA) is 46.2 Å². The summed E-state index contributed by atoms with van der Waals surface area (Å²) < 4.78 is 0. The Kier molecular flexibility index (Phi) is 13.3. The molecule has 0 aliphatic heterocycles. The maximum absolute atomic E-state index is 12.0. The summed E-state index contributed by atoms with van der Waals surface area (Å²) in [5, 5.41) is 3.00. The fourth-order valence-corrected chi connectivity index (χ4v) is 3.02. The van der Waals surface area contributed by atoms with Crippen LogP contribution in [-0.4, -0.2) is 18.2 Å². The van der Waals surface area contributed by atoms with Gasteiger partial charge in [-0.3, -0.25) is 9.59 Å². The first-order valence-electron chi connectivity index (χ1n) is 9.34. The number of rotatable bonds is 10. The number of carbonyl (C=O) groups excluding carboxylic acids is 2. The van der Waals surface area contributed by atoms with Gasteiger partial charge in [0.25, 0.3) is 0 Å². The van der Waals surface area contributed by atoms with Crippen LogP contribution in [-0.2, 0) is 9.59 Å². The molecule has 0 aliphatic rings. The van der Waals surface area contributed by atoms with Gasteiger partial charge < -0.3 is 5.32 Å². The number of hydrogen-bond acceptors (Lipinski definition) is 2. The Morgan fingerprint density at radius 3 is 1.96 bits per heavy atom. The maximum Gasteiger partial charge on any atom is 0.220 e. The molecular weight excluding hydrogens is 286 g/mol. The van der Waals surface area contributed by atoms with E-state index in [9.17, 15) is 9.59 Å². The molecule has 3 nitrogen and oxygen atoms in total.